The molecule has 1 unspecified atom stereocenters. The van der Waals surface area contributed by atoms with Crippen LogP contribution >= 0.6 is 22.6 Å². The molecular formula is C15H20INO2S. The fourth-order valence-electron chi connectivity index (χ4n) is 2.43. The van der Waals surface area contributed by atoms with E-state index in [1.54, 1.807) is 16.4 Å². The van der Waals surface area contributed by atoms with Crippen molar-refractivity contribution in [3.63, 3.8) is 0 Å². The number of halogens is 1. The highest BCUT2D eigenvalue weighted by Gasteiger charge is 2.30. The smallest absolute Gasteiger partial charge is 0.207 e. The van der Waals surface area contributed by atoms with Crippen molar-refractivity contribution in [3.8, 4) is 0 Å². The summed E-state index contributed by atoms with van der Waals surface area (Å²) in [5.41, 5.74) is 1.07. The molecule has 0 bridgehead atoms. The standard InChI is InChI=1S/C15H20INO2S/c1-13-7-9-15(10-8-13)20(18,19)17(12-11-16)14-5-3-2-4-6-14/h3,5,7-10,14H,2,4,6,11-12H2,1H3. The lowest BCUT2D eigenvalue weighted by atomic mass is 10.0. The zero-order chi connectivity index (χ0) is 14.6. The maximum Gasteiger partial charge on any atom is 0.243 e. The predicted octanol–water partition coefficient (Wildman–Crippen LogP) is 3.53. The Labute approximate surface area is 135 Å². The molecule has 0 spiro atoms. The van der Waals surface area contributed by atoms with Gasteiger partial charge in [0.05, 0.1) is 4.90 Å². The highest BCUT2D eigenvalue weighted by molar-refractivity contribution is 14.1. The zero-order valence-corrected chi connectivity index (χ0v) is 14.6. The molecule has 0 saturated carbocycles. The van der Waals surface area contributed by atoms with E-state index in [9.17, 15) is 8.42 Å². The number of allylic oxidation sites excluding steroid dienone is 1. The van der Waals surface area contributed by atoms with Gasteiger partial charge in [-0.15, -0.1) is 0 Å². The number of hydrogen-bond donors (Lipinski definition) is 0. The van der Waals surface area contributed by atoms with Gasteiger partial charge in [-0.1, -0.05) is 52.4 Å². The molecule has 0 saturated heterocycles. The number of hydrogen-bond acceptors (Lipinski definition) is 2. The van der Waals surface area contributed by atoms with Crippen LogP contribution in [0.4, 0.5) is 0 Å². The van der Waals surface area contributed by atoms with Crippen LogP contribution in [0.2, 0.25) is 0 Å². The third kappa shape index (κ3) is 3.62. The van der Waals surface area contributed by atoms with E-state index < -0.39 is 10.0 Å². The summed E-state index contributed by atoms with van der Waals surface area (Å²) in [6, 6.07) is 7.12. The van der Waals surface area contributed by atoms with Crippen molar-refractivity contribution in [1.29, 1.82) is 0 Å². The Morgan fingerprint density at radius 1 is 1.30 bits per heavy atom. The number of aryl methyl sites for hydroxylation is 1. The fourth-order valence-corrected chi connectivity index (χ4v) is 4.89. The van der Waals surface area contributed by atoms with E-state index in [0.717, 1.165) is 29.3 Å². The van der Waals surface area contributed by atoms with Crippen LogP contribution in [-0.4, -0.2) is 29.7 Å². The summed E-state index contributed by atoms with van der Waals surface area (Å²) >= 11 is 2.23. The summed E-state index contributed by atoms with van der Waals surface area (Å²) in [7, 11) is -3.40. The maximum absolute atomic E-state index is 12.8. The fraction of sp³-hybridized carbons (Fsp3) is 0.467. The van der Waals surface area contributed by atoms with Crippen LogP contribution in [0.5, 0.6) is 0 Å². The quantitative estimate of drug-likeness (QED) is 0.427. The van der Waals surface area contributed by atoms with Crippen molar-refractivity contribution in [3.05, 3.63) is 42.0 Å². The van der Waals surface area contributed by atoms with E-state index in [0.29, 0.717) is 11.4 Å². The van der Waals surface area contributed by atoms with Gasteiger partial charge in [0, 0.05) is 17.0 Å². The van der Waals surface area contributed by atoms with Crippen molar-refractivity contribution in [2.24, 2.45) is 0 Å². The van der Waals surface area contributed by atoms with Crippen molar-refractivity contribution in [2.45, 2.75) is 37.1 Å². The Kier molecular flexibility index (Phi) is 5.63. The number of benzene rings is 1. The number of rotatable bonds is 5. The van der Waals surface area contributed by atoms with Gasteiger partial charge in [0.1, 0.15) is 0 Å². The molecule has 1 aliphatic carbocycles. The average molecular weight is 405 g/mol. The van der Waals surface area contributed by atoms with Crippen LogP contribution in [0.3, 0.4) is 0 Å². The first-order valence-electron chi connectivity index (χ1n) is 6.87. The van der Waals surface area contributed by atoms with Crippen LogP contribution in [-0.2, 0) is 10.0 Å². The molecule has 5 heteroatoms. The third-order valence-electron chi connectivity index (χ3n) is 3.53. The highest BCUT2D eigenvalue weighted by atomic mass is 127. The Hall–Kier alpha value is -0.400. The van der Waals surface area contributed by atoms with Crippen molar-refractivity contribution >= 4 is 32.6 Å². The molecule has 3 nitrogen and oxygen atoms in total. The minimum Gasteiger partial charge on any atom is -0.207 e. The van der Waals surface area contributed by atoms with Gasteiger partial charge in [0.2, 0.25) is 10.0 Å². The SMILES string of the molecule is Cc1ccc(S(=O)(=O)N(CCI)C2C=CCCC2)cc1. The van der Waals surface area contributed by atoms with E-state index in [2.05, 4.69) is 28.7 Å². The van der Waals surface area contributed by atoms with Crippen LogP contribution in [0, 0.1) is 6.92 Å². The normalized spacial score (nSPS) is 19.4. The first kappa shape index (κ1) is 16.0. The van der Waals surface area contributed by atoms with Gasteiger partial charge in [-0.05, 0) is 38.3 Å². The van der Waals surface area contributed by atoms with Crippen LogP contribution in [0.15, 0.2) is 41.3 Å². The van der Waals surface area contributed by atoms with Gasteiger partial charge in [0.25, 0.3) is 0 Å². The van der Waals surface area contributed by atoms with Crippen LogP contribution in [0.25, 0.3) is 0 Å². The Bertz CT molecular complexity index is 566. The second-order valence-corrected chi connectivity index (χ2v) is 8.01. The molecule has 1 atom stereocenters. The number of alkyl halides is 1. The lowest BCUT2D eigenvalue weighted by molar-refractivity contribution is 0.353. The first-order valence-corrected chi connectivity index (χ1v) is 9.83. The second kappa shape index (κ2) is 7.04. The van der Waals surface area contributed by atoms with Gasteiger partial charge < -0.3 is 0 Å². The van der Waals surface area contributed by atoms with Crippen molar-refractivity contribution < 1.29 is 8.42 Å². The molecule has 0 heterocycles. The summed E-state index contributed by atoms with van der Waals surface area (Å²) < 4.78 is 28.1. The van der Waals surface area contributed by atoms with E-state index in [1.165, 1.54) is 0 Å². The minimum absolute atomic E-state index is 0.00446. The van der Waals surface area contributed by atoms with Gasteiger partial charge in [-0.25, -0.2) is 8.42 Å². The molecule has 1 aromatic carbocycles. The Morgan fingerprint density at radius 3 is 2.55 bits per heavy atom. The summed E-state index contributed by atoms with van der Waals surface area (Å²) in [5.74, 6) is 0. The van der Waals surface area contributed by atoms with Crippen LogP contribution in [0.1, 0.15) is 24.8 Å². The van der Waals surface area contributed by atoms with Crippen molar-refractivity contribution in [1.82, 2.24) is 4.31 Å². The molecule has 0 fully saturated rings. The first-order chi connectivity index (χ1) is 9.55. The molecule has 0 aliphatic heterocycles. The van der Waals surface area contributed by atoms with E-state index in [-0.39, 0.29) is 6.04 Å². The van der Waals surface area contributed by atoms with E-state index in [4.69, 9.17) is 0 Å². The van der Waals surface area contributed by atoms with Gasteiger partial charge >= 0.3 is 0 Å². The number of nitrogens with zero attached hydrogens (tertiary/aromatic N) is 1. The van der Waals surface area contributed by atoms with E-state index in [1.807, 2.05) is 25.1 Å². The molecule has 0 radical (unpaired) electrons. The zero-order valence-electron chi connectivity index (χ0n) is 11.6. The lowest BCUT2D eigenvalue weighted by Crippen LogP contribution is -2.41. The Morgan fingerprint density at radius 2 is 2.00 bits per heavy atom. The molecule has 110 valence electrons. The molecule has 1 aromatic rings. The maximum atomic E-state index is 12.8. The van der Waals surface area contributed by atoms with E-state index >= 15 is 0 Å². The summed E-state index contributed by atoms with van der Waals surface area (Å²) in [5, 5.41) is 0. The highest BCUT2D eigenvalue weighted by Crippen LogP contribution is 2.24. The monoisotopic (exact) mass is 405 g/mol. The molecule has 0 aromatic heterocycles. The molecule has 2 rings (SSSR count). The van der Waals surface area contributed by atoms with Gasteiger partial charge in [-0.2, -0.15) is 4.31 Å². The van der Waals surface area contributed by atoms with Crippen LogP contribution < -0.4 is 0 Å². The molecule has 0 amide bonds. The lowest BCUT2D eigenvalue weighted by Gasteiger charge is -2.30. The average Bonchev–Trinajstić information content (AvgIpc) is 2.46. The topological polar surface area (TPSA) is 37.4 Å². The second-order valence-electron chi connectivity index (χ2n) is 5.04. The molecule has 0 N–H and O–H groups in total. The third-order valence-corrected chi connectivity index (χ3v) is 5.95. The largest absolute Gasteiger partial charge is 0.243 e. The summed E-state index contributed by atoms with van der Waals surface area (Å²) in [6.45, 7) is 2.52. The van der Waals surface area contributed by atoms with Crippen molar-refractivity contribution in [2.75, 3.05) is 11.0 Å². The Balaban J connectivity index is 2.33. The number of sulfonamides is 1. The summed E-state index contributed by atoms with van der Waals surface area (Å²) in [4.78, 5) is 0.395. The molecule has 20 heavy (non-hydrogen) atoms. The molecular weight excluding hydrogens is 385 g/mol. The predicted molar refractivity (Wildman–Crippen MR) is 90.7 cm³/mol. The van der Waals surface area contributed by atoms with Gasteiger partial charge in [0.15, 0.2) is 0 Å². The molecule has 1 aliphatic rings. The van der Waals surface area contributed by atoms with Gasteiger partial charge in [-0.3, -0.25) is 0 Å². The minimum atomic E-state index is -3.40. The summed E-state index contributed by atoms with van der Waals surface area (Å²) in [6.07, 6.45) is 7.17.